The molecule has 1 aromatic heterocycles. The van der Waals surface area contributed by atoms with Crippen LogP contribution in [0, 0.1) is 11.8 Å². The van der Waals surface area contributed by atoms with Crippen LogP contribution in [-0.2, 0) is 6.54 Å². The highest BCUT2D eigenvalue weighted by molar-refractivity contribution is 6.07. The van der Waals surface area contributed by atoms with Crippen LogP contribution < -0.4 is 5.32 Å². The summed E-state index contributed by atoms with van der Waals surface area (Å²) < 4.78 is 2.16. The molecule has 0 saturated heterocycles. The van der Waals surface area contributed by atoms with Crippen LogP contribution in [0.15, 0.2) is 30.5 Å². The summed E-state index contributed by atoms with van der Waals surface area (Å²) in [4.78, 5) is 12.6. The number of aromatic nitrogens is 1. The normalized spacial score (nSPS) is 14.2. The van der Waals surface area contributed by atoms with Gasteiger partial charge in [-0.3, -0.25) is 4.79 Å². The van der Waals surface area contributed by atoms with E-state index in [0.717, 1.165) is 23.0 Å². The second-order valence-electron chi connectivity index (χ2n) is 7.01. The maximum Gasteiger partial charge on any atom is 0.253 e. The number of benzene rings is 1. The molecule has 126 valence electrons. The van der Waals surface area contributed by atoms with Crippen LogP contribution in [0.4, 0.5) is 0 Å². The third-order valence-corrected chi connectivity index (χ3v) is 3.95. The predicted molar refractivity (Wildman–Crippen MR) is 94.6 cm³/mol. The molecule has 0 fully saturated rings. The molecule has 0 bridgehead atoms. The van der Waals surface area contributed by atoms with Crippen molar-refractivity contribution in [3.8, 4) is 0 Å². The minimum absolute atomic E-state index is 0.0406. The van der Waals surface area contributed by atoms with Gasteiger partial charge in [0.25, 0.3) is 5.91 Å². The molecule has 1 aromatic carbocycles. The van der Waals surface area contributed by atoms with Crippen molar-refractivity contribution in [3.63, 3.8) is 0 Å². The molecular weight excluding hydrogens is 288 g/mol. The molecule has 4 nitrogen and oxygen atoms in total. The van der Waals surface area contributed by atoms with Crippen molar-refractivity contribution in [1.29, 1.82) is 0 Å². The maximum atomic E-state index is 12.6. The number of amides is 1. The summed E-state index contributed by atoms with van der Waals surface area (Å²) in [5.41, 5.74) is 1.83. The van der Waals surface area contributed by atoms with Gasteiger partial charge in [0.1, 0.15) is 0 Å². The molecule has 0 saturated carbocycles. The lowest BCUT2D eigenvalue weighted by Crippen LogP contribution is -2.29. The number of hydrogen-bond acceptors (Lipinski definition) is 2. The lowest BCUT2D eigenvalue weighted by molar-refractivity contribution is 0.0940. The van der Waals surface area contributed by atoms with Crippen molar-refractivity contribution < 1.29 is 9.90 Å². The zero-order valence-electron chi connectivity index (χ0n) is 14.5. The Morgan fingerprint density at radius 2 is 1.91 bits per heavy atom. The fraction of sp³-hybridized carbons (Fsp3) is 0.526. The number of fused-ring (bicyclic) bond motifs is 1. The summed E-state index contributed by atoms with van der Waals surface area (Å²) in [5, 5.41) is 13.4. The van der Waals surface area contributed by atoms with E-state index in [-0.39, 0.29) is 17.9 Å². The predicted octanol–water partition coefficient (Wildman–Crippen LogP) is 3.43. The largest absolute Gasteiger partial charge is 0.393 e. The Bertz CT molecular complexity index is 658. The molecule has 0 radical (unpaired) electrons. The zero-order valence-corrected chi connectivity index (χ0v) is 14.5. The van der Waals surface area contributed by atoms with Crippen LogP contribution in [0.3, 0.4) is 0 Å². The highest BCUT2D eigenvalue weighted by Gasteiger charge is 2.16. The van der Waals surface area contributed by atoms with Gasteiger partial charge in [-0.1, -0.05) is 39.0 Å². The number of nitrogens with zero attached hydrogens (tertiary/aromatic N) is 1. The quantitative estimate of drug-likeness (QED) is 0.822. The summed E-state index contributed by atoms with van der Waals surface area (Å²) in [6, 6.07) is 8.03. The Balaban J connectivity index is 2.17. The van der Waals surface area contributed by atoms with E-state index in [0.29, 0.717) is 18.9 Å². The van der Waals surface area contributed by atoms with Crippen LogP contribution in [0.2, 0.25) is 0 Å². The molecule has 0 aliphatic heterocycles. The fourth-order valence-corrected chi connectivity index (χ4v) is 3.00. The maximum absolute atomic E-state index is 12.6. The first-order valence-corrected chi connectivity index (χ1v) is 8.42. The van der Waals surface area contributed by atoms with E-state index in [1.165, 1.54) is 0 Å². The Hall–Kier alpha value is -1.81. The van der Waals surface area contributed by atoms with Gasteiger partial charge in [0.2, 0.25) is 0 Å². The molecule has 2 atom stereocenters. The summed E-state index contributed by atoms with van der Waals surface area (Å²) >= 11 is 0. The third kappa shape index (κ3) is 4.58. The number of para-hydroxylation sites is 1. The van der Waals surface area contributed by atoms with Gasteiger partial charge in [0, 0.05) is 30.2 Å². The zero-order chi connectivity index (χ0) is 17.0. The SMILES string of the molecule is CC(C)Cn1cc(C(=O)NCC(C)CC(C)O)c2ccccc21. The number of carbonyl (C=O) groups is 1. The second kappa shape index (κ2) is 7.64. The van der Waals surface area contributed by atoms with Gasteiger partial charge in [-0.15, -0.1) is 0 Å². The summed E-state index contributed by atoms with van der Waals surface area (Å²) in [5.74, 6) is 0.733. The van der Waals surface area contributed by atoms with Gasteiger partial charge in [-0.2, -0.15) is 0 Å². The molecule has 0 aliphatic rings. The molecule has 0 aliphatic carbocycles. The van der Waals surface area contributed by atoms with Gasteiger partial charge in [-0.05, 0) is 31.2 Å². The Morgan fingerprint density at radius 3 is 2.57 bits per heavy atom. The molecule has 2 N–H and O–H groups in total. The van der Waals surface area contributed by atoms with E-state index in [1.54, 1.807) is 6.92 Å². The first-order chi connectivity index (χ1) is 10.9. The van der Waals surface area contributed by atoms with Crippen molar-refractivity contribution in [1.82, 2.24) is 9.88 Å². The monoisotopic (exact) mass is 316 g/mol. The fourth-order valence-electron chi connectivity index (χ4n) is 3.00. The molecule has 4 heteroatoms. The van der Waals surface area contributed by atoms with Gasteiger partial charge in [0.15, 0.2) is 0 Å². The first-order valence-electron chi connectivity index (χ1n) is 8.42. The molecular formula is C19H28N2O2. The van der Waals surface area contributed by atoms with E-state index in [4.69, 9.17) is 0 Å². The second-order valence-corrected chi connectivity index (χ2v) is 7.01. The van der Waals surface area contributed by atoms with Crippen molar-refractivity contribution in [2.45, 2.75) is 46.8 Å². The van der Waals surface area contributed by atoms with E-state index < -0.39 is 0 Å². The molecule has 0 spiro atoms. The minimum atomic E-state index is -0.338. The number of rotatable bonds is 7. The average molecular weight is 316 g/mol. The van der Waals surface area contributed by atoms with Crippen molar-refractivity contribution in [3.05, 3.63) is 36.0 Å². The van der Waals surface area contributed by atoms with Gasteiger partial charge in [-0.25, -0.2) is 0 Å². The first kappa shape index (κ1) is 17.5. The summed E-state index contributed by atoms with van der Waals surface area (Å²) in [6.45, 7) is 9.63. The average Bonchev–Trinajstić information content (AvgIpc) is 2.82. The molecule has 1 amide bonds. The molecule has 2 rings (SSSR count). The van der Waals surface area contributed by atoms with Crippen molar-refractivity contribution in [2.24, 2.45) is 11.8 Å². The number of aliphatic hydroxyl groups excluding tert-OH is 1. The lowest BCUT2D eigenvalue weighted by atomic mass is 10.0. The van der Waals surface area contributed by atoms with Crippen LogP contribution >= 0.6 is 0 Å². The standard InChI is InChI=1S/C19H28N2O2/c1-13(2)11-21-12-17(16-7-5-6-8-18(16)21)19(23)20-10-14(3)9-15(4)22/h5-8,12-15,22H,9-11H2,1-4H3,(H,20,23). The van der Waals surface area contributed by atoms with E-state index in [2.05, 4.69) is 29.8 Å². The highest BCUT2D eigenvalue weighted by Crippen LogP contribution is 2.22. The van der Waals surface area contributed by atoms with E-state index in [1.807, 2.05) is 31.3 Å². The van der Waals surface area contributed by atoms with Crippen molar-refractivity contribution in [2.75, 3.05) is 6.54 Å². The minimum Gasteiger partial charge on any atom is -0.393 e. The van der Waals surface area contributed by atoms with Crippen LogP contribution in [-0.4, -0.2) is 28.2 Å². The topological polar surface area (TPSA) is 54.3 Å². The Morgan fingerprint density at radius 1 is 1.22 bits per heavy atom. The third-order valence-electron chi connectivity index (χ3n) is 3.95. The smallest absolute Gasteiger partial charge is 0.253 e. The number of aliphatic hydroxyl groups is 1. The van der Waals surface area contributed by atoms with Gasteiger partial charge < -0.3 is 15.0 Å². The highest BCUT2D eigenvalue weighted by atomic mass is 16.3. The summed E-state index contributed by atoms with van der Waals surface area (Å²) in [6.07, 6.45) is 2.31. The van der Waals surface area contributed by atoms with Crippen LogP contribution in [0.25, 0.3) is 10.9 Å². The molecule has 1 heterocycles. The van der Waals surface area contributed by atoms with Gasteiger partial charge in [0.05, 0.1) is 11.7 Å². The molecule has 2 unspecified atom stereocenters. The van der Waals surface area contributed by atoms with Crippen LogP contribution in [0.5, 0.6) is 0 Å². The lowest BCUT2D eigenvalue weighted by Gasteiger charge is -2.14. The molecule has 2 aromatic rings. The Labute approximate surface area is 138 Å². The molecule has 23 heavy (non-hydrogen) atoms. The van der Waals surface area contributed by atoms with E-state index >= 15 is 0 Å². The number of nitrogens with one attached hydrogen (secondary N) is 1. The number of hydrogen-bond donors (Lipinski definition) is 2. The summed E-state index contributed by atoms with van der Waals surface area (Å²) in [7, 11) is 0. The van der Waals surface area contributed by atoms with E-state index in [9.17, 15) is 9.90 Å². The van der Waals surface area contributed by atoms with Gasteiger partial charge >= 0.3 is 0 Å². The van der Waals surface area contributed by atoms with Crippen LogP contribution in [0.1, 0.15) is 44.5 Å². The van der Waals surface area contributed by atoms with Crippen molar-refractivity contribution >= 4 is 16.8 Å². The Kier molecular flexibility index (Phi) is 5.83. The number of carbonyl (C=O) groups excluding carboxylic acids is 1.